The fraction of sp³-hybridized carbons (Fsp3) is 0.533. The van der Waals surface area contributed by atoms with E-state index in [1.54, 1.807) is 6.92 Å². The van der Waals surface area contributed by atoms with Crippen LogP contribution in [-0.4, -0.2) is 31.6 Å². The summed E-state index contributed by atoms with van der Waals surface area (Å²) in [5.74, 6) is 0.122. The van der Waals surface area contributed by atoms with Crippen LogP contribution in [0.1, 0.15) is 37.0 Å². The number of nitrogens with zero attached hydrogens (tertiary/aromatic N) is 1. The molecule has 18 heavy (non-hydrogen) atoms. The minimum absolute atomic E-state index is 0.122. The third-order valence-corrected chi connectivity index (χ3v) is 3.45. The molecule has 0 saturated carbocycles. The molecule has 1 saturated heterocycles. The molecule has 0 radical (unpaired) electrons. The Morgan fingerprint density at radius 2 is 2.22 bits per heavy atom. The molecule has 2 rings (SSSR count). The predicted molar refractivity (Wildman–Crippen MR) is 73.3 cm³/mol. The number of carbonyl (C=O) groups excluding carboxylic acids is 1. The highest BCUT2D eigenvalue weighted by atomic mass is 16.5. The second-order valence-corrected chi connectivity index (χ2v) is 4.75. The van der Waals surface area contributed by atoms with Crippen LogP contribution in [0.3, 0.4) is 0 Å². The van der Waals surface area contributed by atoms with E-state index in [4.69, 9.17) is 4.74 Å². The first-order valence-corrected chi connectivity index (χ1v) is 6.69. The number of ketones is 1. The number of ether oxygens (including phenoxy) is 1. The number of rotatable bonds is 5. The molecular formula is C15H21NO2. The van der Waals surface area contributed by atoms with Crippen LogP contribution in [0, 0.1) is 0 Å². The summed E-state index contributed by atoms with van der Waals surface area (Å²) in [5, 5.41) is 0. The summed E-state index contributed by atoms with van der Waals surface area (Å²) < 4.78 is 5.68. The van der Waals surface area contributed by atoms with Crippen molar-refractivity contribution in [2.75, 3.05) is 24.6 Å². The highest BCUT2D eigenvalue weighted by Crippen LogP contribution is 2.23. The van der Waals surface area contributed by atoms with Gasteiger partial charge in [0.15, 0.2) is 5.78 Å². The lowest BCUT2D eigenvalue weighted by Gasteiger charge is -2.27. The summed E-state index contributed by atoms with van der Waals surface area (Å²) in [7, 11) is 0. The van der Waals surface area contributed by atoms with Gasteiger partial charge in [0, 0.05) is 30.9 Å². The smallest absolute Gasteiger partial charge is 0.161 e. The summed E-state index contributed by atoms with van der Waals surface area (Å²) in [4.78, 5) is 13.9. The summed E-state index contributed by atoms with van der Waals surface area (Å²) in [6, 6.07) is 7.82. The van der Waals surface area contributed by atoms with Crippen molar-refractivity contribution in [3.05, 3.63) is 29.8 Å². The van der Waals surface area contributed by atoms with E-state index in [0.717, 1.165) is 43.8 Å². The Morgan fingerprint density at radius 1 is 1.44 bits per heavy atom. The minimum atomic E-state index is 0.122. The van der Waals surface area contributed by atoms with Gasteiger partial charge in [0.1, 0.15) is 0 Å². The normalized spacial score (nSPS) is 18.9. The van der Waals surface area contributed by atoms with Gasteiger partial charge in [0.2, 0.25) is 0 Å². The lowest BCUT2D eigenvalue weighted by Crippen LogP contribution is -2.33. The van der Waals surface area contributed by atoms with Crippen molar-refractivity contribution in [2.24, 2.45) is 0 Å². The summed E-state index contributed by atoms with van der Waals surface area (Å²) in [6.07, 6.45) is 2.58. The Bertz CT molecular complexity index is 411. The lowest BCUT2D eigenvalue weighted by molar-refractivity contribution is 0.101. The second-order valence-electron chi connectivity index (χ2n) is 4.75. The molecule has 0 amide bonds. The molecule has 1 fully saturated rings. The van der Waals surface area contributed by atoms with Gasteiger partial charge in [-0.15, -0.1) is 0 Å². The van der Waals surface area contributed by atoms with Crippen molar-refractivity contribution in [3.63, 3.8) is 0 Å². The van der Waals surface area contributed by atoms with Gasteiger partial charge in [-0.1, -0.05) is 12.1 Å². The van der Waals surface area contributed by atoms with E-state index in [9.17, 15) is 4.79 Å². The average molecular weight is 247 g/mol. The standard InChI is InChI=1S/C15H21NO2/c1-3-16(11-13-7-6-10-18-13)15-9-5-4-8-14(15)12(2)17/h4-5,8-9,13H,3,6-7,10-11H2,1-2H3. The second kappa shape index (κ2) is 6.01. The molecule has 1 aromatic carbocycles. The van der Waals surface area contributed by atoms with E-state index in [1.165, 1.54) is 0 Å². The van der Waals surface area contributed by atoms with Crippen LogP contribution in [0.2, 0.25) is 0 Å². The highest BCUT2D eigenvalue weighted by Gasteiger charge is 2.20. The van der Waals surface area contributed by atoms with Gasteiger partial charge in [-0.3, -0.25) is 4.79 Å². The van der Waals surface area contributed by atoms with E-state index < -0.39 is 0 Å². The Morgan fingerprint density at radius 3 is 2.83 bits per heavy atom. The van der Waals surface area contributed by atoms with Crippen LogP contribution < -0.4 is 4.90 Å². The summed E-state index contributed by atoms with van der Waals surface area (Å²) in [6.45, 7) is 6.38. The monoisotopic (exact) mass is 247 g/mol. The van der Waals surface area contributed by atoms with Crippen LogP contribution in [0.15, 0.2) is 24.3 Å². The minimum Gasteiger partial charge on any atom is -0.376 e. The Hall–Kier alpha value is -1.35. The fourth-order valence-corrected chi connectivity index (χ4v) is 2.48. The number of para-hydroxylation sites is 1. The number of carbonyl (C=O) groups is 1. The largest absolute Gasteiger partial charge is 0.376 e. The van der Waals surface area contributed by atoms with Gasteiger partial charge in [-0.05, 0) is 38.8 Å². The quantitative estimate of drug-likeness (QED) is 0.749. The van der Waals surface area contributed by atoms with Crippen molar-refractivity contribution in [2.45, 2.75) is 32.8 Å². The zero-order valence-corrected chi connectivity index (χ0v) is 11.2. The maximum atomic E-state index is 11.7. The molecule has 0 aromatic heterocycles. The molecule has 0 aliphatic carbocycles. The fourth-order valence-electron chi connectivity index (χ4n) is 2.48. The molecule has 0 spiro atoms. The van der Waals surface area contributed by atoms with Crippen LogP contribution in [0.25, 0.3) is 0 Å². The third-order valence-electron chi connectivity index (χ3n) is 3.45. The molecule has 0 N–H and O–H groups in total. The van der Waals surface area contributed by atoms with Gasteiger partial charge < -0.3 is 9.64 Å². The molecule has 3 nitrogen and oxygen atoms in total. The molecule has 3 heteroatoms. The zero-order chi connectivity index (χ0) is 13.0. The maximum absolute atomic E-state index is 11.7. The maximum Gasteiger partial charge on any atom is 0.161 e. The molecule has 1 aliphatic rings. The zero-order valence-electron chi connectivity index (χ0n) is 11.2. The average Bonchev–Trinajstić information content (AvgIpc) is 2.88. The van der Waals surface area contributed by atoms with E-state index in [2.05, 4.69) is 11.8 Å². The topological polar surface area (TPSA) is 29.5 Å². The SMILES string of the molecule is CCN(CC1CCCO1)c1ccccc1C(C)=O. The van der Waals surface area contributed by atoms with Gasteiger partial charge in [0.25, 0.3) is 0 Å². The van der Waals surface area contributed by atoms with Gasteiger partial charge in [-0.25, -0.2) is 0 Å². The van der Waals surface area contributed by atoms with Gasteiger partial charge in [-0.2, -0.15) is 0 Å². The number of Topliss-reactive ketones (excluding diaryl/α,β-unsaturated/α-hetero) is 1. The Labute approximate surface area is 109 Å². The first kappa shape index (κ1) is 13.1. The highest BCUT2D eigenvalue weighted by molar-refractivity contribution is 5.99. The molecule has 1 heterocycles. The molecular weight excluding hydrogens is 226 g/mol. The number of anilines is 1. The van der Waals surface area contributed by atoms with Crippen molar-refractivity contribution >= 4 is 11.5 Å². The molecule has 0 bridgehead atoms. The predicted octanol–water partition coefficient (Wildman–Crippen LogP) is 2.89. The number of hydrogen-bond donors (Lipinski definition) is 0. The van der Waals surface area contributed by atoms with Crippen LogP contribution in [0.4, 0.5) is 5.69 Å². The van der Waals surface area contributed by atoms with E-state index in [-0.39, 0.29) is 5.78 Å². The van der Waals surface area contributed by atoms with E-state index in [1.807, 2.05) is 24.3 Å². The summed E-state index contributed by atoms with van der Waals surface area (Å²) >= 11 is 0. The van der Waals surface area contributed by atoms with Crippen molar-refractivity contribution in [1.29, 1.82) is 0 Å². The van der Waals surface area contributed by atoms with Crippen LogP contribution >= 0.6 is 0 Å². The van der Waals surface area contributed by atoms with Crippen molar-refractivity contribution in [3.8, 4) is 0 Å². The summed E-state index contributed by atoms with van der Waals surface area (Å²) in [5.41, 5.74) is 1.83. The Balaban J connectivity index is 2.18. The van der Waals surface area contributed by atoms with Crippen molar-refractivity contribution in [1.82, 2.24) is 0 Å². The molecule has 1 unspecified atom stereocenters. The van der Waals surface area contributed by atoms with Crippen LogP contribution in [0.5, 0.6) is 0 Å². The van der Waals surface area contributed by atoms with E-state index >= 15 is 0 Å². The molecule has 1 aliphatic heterocycles. The van der Waals surface area contributed by atoms with E-state index in [0.29, 0.717) is 6.10 Å². The van der Waals surface area contributed by atoms with Crippen LogP contribution in [-0.2, 0) is 4.74 Å². The molecule has 1 aromatic rings. The third kappa shape index (κ3) is 2.91. The number of hydrogen-bond acceptors (Lipinski definition) is 3. The van der Waals surface area contributed by atoms with Crippen molar-refractivity contribution < 1.29 is 9.53 Å². The number of likely N-dealkylation sites (N-methyl/N-ethyl adjacent to an activating group) is 1. The van der Waals surface area contributed by atoms with Gasteiger partial charge in [0.05, 0.1) is 6.10 Å². The Kier molecular flexibility index (Phi) is 4.37. The first-order chi connectivity index (χ1) is 8.72. The molecule has 98 valence electrons. The number of benzene rings is 1. The molecule has 1 atom stereocenters. The first-order valence-electron chi connectivity index (χ1n) is 6.69. The van der Waals surface area contributed by atoms with Gasteiger partial charge >= 0.3 is 0 Å². The lowest BCUT2D eigenvalue weighted by atomic mass is 10.1.